The number of nitrogens with zero attached hydrogens (tertiary/aromatic N) is 1. The van der Waals surface area contributed by atoms with E-state index in [1.54, 1.807) is 4.90 Å². The number of amides is 1. The Labute approximate surface area is 97.3 Å². The van der Waals surface area contributed by atoms with Crippen molar-refractivity contribution >= 4 is 6.09 Å². The van der Waals surface area contributed by atoms with Gasteiger partial charge in [-0.2, -0.15) is 0 Å². The molecular weight excluding hydrogens is 206 g/mol. The second kappa shape index (κ2) is 5.04. The van der Waals surface area contributed by atoms with Crippen molar-refractivity contribution in [2.24, 2.45) is 11.3 Å². The van der Waals surface area contributed by atoms with Gasteiger partial charge in [-0.3, -0.25) is 0 Å². The molecule has 1 rings (SSSR count). The Morgan fingerprint density at radius 2 is 2.00 bits per heavy atom. The summed E-state index contributed by atoms with van der Waals surface area (Å²) >= 11 is 0. The van der Waals surface area contributed by atoms with Crippen molar-refractivity contribution in [3.05, 3.63) is 0 Å². The lowest BCUT2D eigenvalue weighted by Crippen LogP contribution is -2.43. The molecular formula is C12H23NO3. The van der Waals surface area contributed by atoms with Crippen molar-refractivity contribution in [2.75, 3.05) is 13.2 Å². The van der Waals surface area contributed by atoms with E-state index in [0.29, 0.717) is 6.54 Å². The van der Waals surface area contributed by atoms with Crippen LogP contribution in [0, 0.1) is 11.3 Å². The molecule has 0 bridgehead atoms. The number of carbonyl (C=O) groups is 1. The molecule has 0 aromatic rings. The Kier molecular flexibility index (Phi) is 4.19. The highest BCUT2D eigenvalue weighted by molar-refractivity contribution is 5.65. The predicted molar refractivity (Wildman–Crippen MR) is 62.4 cm³/mol. The SMILES string of the molecule is CC(C)(C)CN(C(=O)O)[C@@H]1CC[C@@H](CO)C1. The molecule has 1 amide bonds. The van der Waals surface area contributed by atoms with Crippen LogP contribution in [0.3, 0.4) is 0 Å². The standard InChI is InChI=1S/C12H23NO3/c1-12(2,3)8-13(11(15)16)10-5-4-9(6-10)7-14/h9-10,14H,4-8H2,1-3H3,(H,15,16)/t9-,10-/m1/s1. The fourth-order valence-corrected chi connectivity index (χ4v) is 2.36. The molecule has 4 heteroatoms. The molecule has 0 radical (unpaired) electrons. The van der Waals surface area contributed by atoms with Crippen molar-refractivity contribution in [1.29, 1.82) is 0 Å². The van der Waals surface area contributed by atoms with E-state index in [1.165, 1.54) is 0 Å². The second-order valence-corrected chi connectivity index (χ2v) is 5.99. The molecule has 0 heterocycles. The maximum Gasteiger partial charge on any atom is 0.407 e. The average Bonchev–Trinajstić information content (AvgIpc) is 2.60. The first kappa shape index (κ1) is 13.3. The highest BCUT2D eigenvalue weighted by Crippen LogP contribution is 2.30. The van der Waals surface area contributed by atoms with Crippen molar-refractivity contribution in [3.63, 3.8) is 0 Å². The number of carboxylic acid groups (broad SMARTS) is 1. The van der Waals surface area contributed by atoms with E-state index >= 15 is 0 Å². The van der Waals surface area contributed by atoms with E-state index in [4.69, 9.17) is 5.11 Å². The van der Waals surface area contributed by atoms with Gasteiger partial charge < -0.3 is 15.1 Å². The summed E-state index contributed by atoms with van der Waals surface area (Å²) in [5.41, 5.74) is -0.0182. The molecule has 0 unspecified atom stereocenters. The van der Waals surface area contributed by atoms with Gasteiger partial charge in [-0.25, -0.2) is 4.79 Å². The number of hydrogen-bond donors (Lipinski definition) is 2. The van der Waals surface area contributed by atoms with Crippen LogP contribution < -0.4 is 0 Å². The fraction of sp³-hybridized carbons (Fsp3) is 0.917. The highest BCUT2D eigenvalue weighted by Gasteiger charge is 2.33. The number of aliphatic hydroxyl groups is 1. The monoisotopic (exact) mass is 229 g/mol. The molecule has 1 saturated carbocycles. The van der Waals surface area contributed by atoms with Crippen molar-refractivity contribution in [1.82, 2.24) is 4.90 Å². The molecule has 94 valence electrons. The van der Waals surface area contributed by atoms with Crippen molar-refractivity contribution < 1.29 is 15.0 Å². The third kappa shape index (κ3) is 3.67. The first-order valence-electron chi connectivity index (χ1n) is 5.94. The molecule has 0 spiro atoms. The topological polar surface area (TPSA) is 60.8 Å². The minimum Gasteiger partial charge on any atom is -0.465 e. The molecule has 2 N–H and O–H groups in total. The van der Waals surface area contributed by atoms with Crippen LogP contribution in [-0.2, 0) is 0 Å². The number of hydrogen-bond acceptors (Lipinski definition) is 2. The van der Waals surface area contributed by atoms with Crippen LogP contribution in [0.5, 0.6) is 0 Å². The summed E-state index contributed by atoms with van der Waals surface area (Å²) in [5, 5.41) is 18.3. The first-order chi connectivity index (χ1) is 7.33. The summed E-state index contributed by atoms with van der Waals surface area (Å²) in [6, 6.07) is 0.0916. The summed E-state index contributed by atoms with van der Waals surface area (Å²) in [7, 11) is 0. The summed E-state index contributed by atoms with van der Waals surface area (Å²) < 4.78 is 0. The third-order valence-corrected chi connectivity index (χ3v) is 3.10. The third-order valence-electron chi connectivity index (χ3n) is 3.10. The molecule has 1 aliphatic carbocycles. The Balaban J connectivity index is 2.61. The lowest BCUT2D eigenvalue weighted by atomic mass is 9.95. The Hall–Kier alpha value is -0.770. The number of aliphatic hydroxyl groups excluding tert-OH is 1. The number of rotatable bonds is 3. The second-order valence-electron chi connectivity index (χ2n) is 5.99. The lowest BCUT2D eigenvalue weighted by Gasteiger charge is -2.32. The molecule has 0 aliphatic heterocycles. The van der Waals surface area contributed by atoms with Gasteiger partial charge in [0.05, 0.1) is 0 Å². The first-order valence-corrected chi connectivity index (χ1v) is 5.94. The molecule has 4 nitrogen and oxygen atoms in total. The van der Waals surface area contributed by atoms with Gasteiger partial charge in [0.1, 0.15) is 0 Å². The zero-order chi connectivity index (χ0) is 12.3. The molecule has 16 heavy (non-hydrogen) atoms. The predicted octanol–water partition coefficient (Wildman–Crippen LogP) is 2.17. The van der Waals surface area contributed by atoms with Gasteiger partial charge in [-0.15, -0.1) is 0 Å². The van der Waals surface area contributed by atoms with E-state index in [9.17, 15) is 9.90 Å². The smallest absolute Gasteiger partial charge is 0.407 e. The highest BCUT2D eigenvalue weighted by atomic mass is 16.4. The van der Waals surface area contributed by atoms with Crippen LogP contribution in [0.15, 0.2) is 0 Å². The van der Waals surface area contributed by atoms with Crippen LogP contribution in [0.2, 0.25) is 0 Å². The van der Waals surface area contributed by atoms with Gasteiger partial charge in [-0.1, -0.05) is 20.8 Å². The van der Waals surface area contributed by atoms with Crippen LogP contribution in [0.1, 0.15) is 40.0 Å². The molecule has 0 aromatic carbocycles. The minimum absolute atomic E-state index is 0.0182. The Morgan fingerprint density at radius 1 is 1.38 bits per heavy atom. The molecule has 0 aromatic heterocycles. The summed E-state index contributed by atoms with van der Waals surface area (Å²) in [6.45, 7) is 6.87. The van der Waals surface area contributed by atoms with Crippen LogP contribution in [0.4, 0.5) is 4.79 Å². The normalized spacial score (nSPS) is 25.8. The van der Waals surface area contributed by atoms with Gasteiger partial charge in [-0.05, 0) is 30.6 Å². The van der Waals surface area contributed by atoms with Gasteiger partial charge >= 0.3 is 6.09 Å². The van der Waals surface area contributed by atoms with Gasteiger partial charge in [0.25, 0.3) is 0 Å². The summed E-state index contributed by atoms with van der Waals surface area (Å²) in [6.07, 6.45) is 1.79. The van der Waals surface area contributed by atoms with Gasteiger partial charge in [0, 0.05) is 19.2 Å². The molecule has 2 atom stereocenters. The summed E-state index contributed by atoms with van der Waals surface area (Å²) in [4.78, 5) is 12.8. The van der Waals surface area contributed by atoms with E-state index in [0.717, 1.165) is 19.3 Å². The summed E-state index contributed by atoms with van der Waals surface area (Å²) in [5.74, 6) is 0.284. The zero-order valence-electron chi connectivity index (χ0n) is 10.4. The fourth-order valence-electron chi connectivity index (χ4n) is 2.36. The van der Waals surface area contributed by atoms with Crippen LogP contribution >= 0.6 is 0 Å². The van der Waals surface area contributed by atoms with Gasteiger partial charge in [0.2, 0.25) is 0 Å². The van der Waals surface area contributed by atoms with Crippen LogP contribution in [0.25, 0.3) is 0 Å². The quantitative estimate of drug-likeness (QED) is 0.779. The Bertz CT molecular complexity index is 247. The van der Waals surface area contributed by atoms with E-state index in [-0.39, 0.29) is 24.0 Å². The van der Waals surface area contributed by atoms with E-state index in [1.807, 2.05) is 20.8 Å². The molecule has 1 aliphatic rings. The lowest BCUT2D eigenvalue weighted by molar-refractivity contribution is 0.100. The largest absolute Gasteiger partial charge is 0.465 e. The maximum atomic E-state index is 11.2. The average molecular weight is 229 g/mol. The van der Waals surface area contributed by atoms with Crippen molar-refractivity contribution in [2.45, 2.75) is 46.1 Å². The minimum atomic E-state index is -0.835. The van der Waals surface area contributed by atoms with E-state index in [2.05, 4.69) is 0 Å². The Morgan fingerprint density at radius 3 is 2.38 bits per heavy atom. The van der Waals surface area contributed by atoms with E-state index < -0.39 is 6.09 Å². The van der Waals surface area contributed by atoms with Crippen LogP contribution in [-0.4, -0.2) is 40.4 Å². The molecule has 0 saturated heterocycles. The molecule has 1 fully saturated rings. The maximum absolute atomic E-state index is 11.2. The zero-order valence-corrected chi connectivity index (χ0v) is 10.4. The van der Waals surface area contributed by atoms with Crippen molar-refractivity contribution in [3.8, 4) is 0 Å². The van der Waals surface area contributed by atoms with Gasteiger partial charge in [0.15, 0.2) is 0 Å².